The molecule has 1 heterocycles. The Balaban J connectivity index is 3.21. The van der Waals surface area contributed by atoms with Crippen LogP contribution in [0.25, 0.3) is 0 Å². The molecule has 1 aromatic rings. The standard InChI is InChI=1S/C7H3ClF3N3O/c8-5-3(1-12)4(2-14-6(5)13)15-7(9,10)11/h2H,(H2,13,14). The predicted molar refractivity (Wildman–Crippen MR) is 45.1 cm³/mol. The van der Waals surface area contributed by atoms with E-state index in [1.807, 2.05) is 0 Å². The fourth-order valence-electron chi connectivity index (χ4n) is 0.792. The zero-order valence-electron chi connectivity index (χ0n) is 6.97. The molecule has 0 spiro atoms. The molecule has 2 N–H and O–H groups in total. The summed E-state index contributed by atoms with van der Waals surface area (Å²) < 4.78 is 39.1. The first-order valence-electron chi connectivity index (χ1n) is 3.45. The molecule has 0 saturated carbocycles. The topological polar surface area (TPSA) is 71.9 Å². The summed E-state index contributed by atoms with van der Waals surface area (Å²) in [5.41, 5.74) is 4.70. The minimum atomic E-state index is -4.91. The van der Waals surface area contributed by atoms with Crippen LogP contribution in [-0.2, 0) is 0 Å². The van der Waals surface area contributed by atoms with E-state index in [4.69, 9.17) is 22.6 Å². The van der Waals surface area contributed by atoms with Crippen molar-refractivity contribution >= 4 is 17.4 Å². The molecule has 0 unspecified atom stereocenters. The number of hydrogen-bond donors (Lipinski definition) is 1. The molecule has 0 bridgehead atoms. The number of nitriles is 1. The van der Waals surface area contributed by atoms with Gasteiger partial charge >= 0.3 is 6.36 Å². The van der Waals surface area contributed by atoms with Crippen LogP contribution in [0.2, 0.25) is 5.02 Å². The van der Waals surface area contributed by atoms with Crippen LogP contribution < -0.4 is 10.5 Å². The maximum absolute atomic E-state index is 11.9. The quantitative estimate of drug-likeness (QED) is 0.812. The zero-order valence-corrected chi connectivity index (χ0v) is 7.73. The number of anilines is 1. The lowest BCUT2D eigenvalue weighted by Gasteiger charge is -2.10. The number of pyridine rings is 1. The lowest BCUT2D eigenvalue weighted by molar-refractivity contribution is -0.274. The van der Waals surface area contributed by atoms with E-state index in [-0.39, 0.29) is 10.8 Å². The van der Waals surface area contributed by atoms with Gasteiger partial charge in [0.05, 0.1) is 6.20 Å². The largest absolute Gasteiger partial charge is 0.573 e. The molecule has 8 heteroatoms. The number of alkyl halides is 3. The van der Waals surface area contributed by atoms with Crippen molar-refractivity contribution in [2.45, 2.75) is 6.36 Å². The minimum Gasteiger partial charge on any atom is -0.403 e. The number of aromatic nitrogens is 1. The van der Waals surface area contributed by atoms with Crippen LogP contribution in [0.3, 0.4) is 0 Å². The molecule has 4 nitrogen and oxygen atoms in total. The molecule has 1 aromatic heterocycles. The molecule has 0 radical (unpaired) electrons. The summed E-state index contributed by atoms with van der Waals surface area (Å²) in [4.78, 5) is 3.34. The highest BCUT2D eigenvalue weighted by atomic mass is 35.5. The van der Waals surface area contributed by atoms with E-state index in [1.165, 1.54) is 6.07 Å². The van der Waals surface area contributed by atoms with Crippen LogP contribution in [0.5, 0.6) is 5.75 Å². The van der Waals surface area contributed by atoms with Crippen molar-refractivity contribution in [2.75, 3.05) is 5.73 Å². The zero-order chi connectivity index (χ0) is 11.6. The molecule has 0 fully saturated rings. The highest BCUT2D eigenvalue weighted by Gasteiger charge is 2.33. The van der Waals surface area contributed by atoms with Gasteiger partial charge in [-0.2, -0.15) is 5.26 Å². The van der Waals surface area contributed by atoms with Gasteiger partial charge in [-0.25, -0.2) is 4.98 Å². The van der Waals surface area contributed by atoms with Crippen LogP contribution in [-0.4, -0.2) is 11.3 Å². The van der Waals surface area contributed by atoms with Gasteiger partial charge in [-0.15, -0.1) is 13.2 Å². The minimum absolute atomic E-state index is 0.234. The smallest absolute Gasteiger partial charge is 0.403 e. The monoisotopic (exact) mass is 237 g/mol. The highest BCUT2D eigenvalue weighted by Crippen LogP contribution is 2.32. The second-order valence-electron chi connectivity index (χ2n) is 2.36. The summed E-state index contributed by atoms with van der Waals surface area (Å²) in [6.07, 6.45) is -4.22. The molecule has 0 aliphatic carbocycles. The third kappa shape index (κ3) is 2.63. The SMILES string of the molecule is N#Cc1c(OC(F)(F)F)cnc(N)c1Cl. The number of nitrogens with zero attached hydrogens (tertiary/aromatic N) is 2. The summed E-state index contributed by atoms with van der Waals surface area (Å²) >= 11 is 5.47. The van der Waals surface area contributed by atoms with Gasteiger partial charge < -0.3 is 10.5 Å². The lowest BCUT2D eigenvalue weighted by Crippen LogP contribution is -2.18. The van der Waals surface area contributed by atoms with E-state index in [1.54, 1.807) is 0 Å². The second-order valence-corrected chi connectivity index (χ2v) is 2.73. The molecule has 0 amide bonds. The predicted octanol–water partition coefficient (Wildman–Crippen LogP) is 2.09. The van der Waals surface area contributed by atoms with Gasteiger partial charge in [0.2, 0.25) is 0 Å². The fraction of sp³-hybridized carbons (Fsp3) is 0.143. The number of halogens is 4. The van der Waals surface area contributed by atoms with Crippen LogP contribution in [0.4, 0.5) is 19.0 Å². The Morgan fingerprint density at radius 3 is 2.60 bits per heavy atom. The van der Waals surface area contributed by atoms with E-state index in [9.17, 15) is 13.2 Å². The Bertz CT molecular complexity index is 427. The van der Waals surface area contributed by atoms with Crippen molar-refractivity contribution in [2.24, 2.45) is 0 Å². The molecule has 0 saturated heterocycles. The van der Waals surface area contributed by atoms with Crippen molar-refractivity contribution < 1.29 is 17.9 Å². The first-order chi connectivity index (χ1) is 6.85. The summed E-state index contributed by atoms with van der Waals surface area (Å²) in [5, 5.41) is 8.19. The summed E-state index contributed by atoms with van der Waals surface area (Å²) in [6.45, 7) is 0. The van der Waals surface area contributed by atoms with Crippen LogP contribution in [0.15, 0.2) is 6.20 Å². The molecule has 0 aliphatic rings. The third-order valence-electron chi connectivity index (χ3n) is 1.35. The fourth-order valence-corrected chi connectivity index (χ4v) is 0.976. The average Bonchev–Trinajstić information content (AvgIpc) is 2.10. The van der Waals surface area contributed by atoms with Gasteiger partial charge in [0.25, 0.3) is 0 Å². The number of nitrogens with two attached hydrogens (primary N) is 1. The van der Waals surface area contributed by atoms with Gasteiger partial charge in [-0.3, -0.25) is 0 Å². The van der Waals surface area contributed by atoms with Gasteiger partial charge in [0.1, 0.15) is 22.5 Å². The van der Waals surface area contributed by atoms with Gasteiger partial charge in [0, 0.05) is 0 Å². The molecule has 0 aliphatic heterocycles. The molecular weight excluding hydrogens is 235 g/mol. The maximum Gasteiger partial charge on any atom is 0.573 e. The molecule has 80 valence electrons. The maximum atomic E-state index is 11.9. The Labute approximate surface area is 87.0 Å². The first-order valence-corrected chi connectivity index (χ1v) is 3.82. The van der Waals surface area contributed by atoms with Crippen molar-refractivity contribution in [3.8, 4) is 11.8 Å². The van der Waals surface area contributed by atoms with E-state index >= 15 is 0 Å². The summed E-state index contributed by atoms with van der Waals surface area (Å²) in [5.74, 6) is -1.01. The Kier molecular flexibility index (Phi) is 2.90. The Morgan fingerprint density at radius 1 is 1.53 bits per heavy atom. The molecule has 0 aromatic carbocycles. The molecule has 15 heavy (non-hydrogen) atoms. The molecular formula is C7H3ClF3N3O. The van der Waals surface area contributed by atoms with Crippen molar-refractivity contribution in [1.29, 1.82) is 5.26 Å². The number of hydrogen-bond acceptors (Lipinski definition) is 4. The highest BCUT2D eigenvalue weighted by molar-refractivity contribution is 6.34. The molecule has 0 atom stereocenters. The van der Waals surface area contributed by atoms with E-state index < -0.39 is 17.7 Å². The first kappa shape index (κ1) is 11.4. The second kappa shape index (κ2) is 3.82. The number of nitrogen functional groups attached to an aromatic ring is 1. The Morgan fingerprint density at radius 2 is 2.13 bits per heavy atom. The number of rotatable bonds is 1. The van der Waals surface area contributed by atoms with E-state index in [0.717, 1.165) is 0 Å². The van der Waals surface area contributed by atoms with Gasteiger partial charge in [0.15, 0.2) is 5.75 Å². The van der Waals surface area contributed by atoms with E-state index in [0.29, 0.717) is 6.20 Å². The van der Waals surface area contributed by atoms with Crippen LogP contribution >= 0.6 is 11.6 Å². The number of ether oxygens (including phenoxy) is 1. The van der Waals surface area contributed by atoms with Gasteiger partial charge in [-0.05, 0) is 0 Å². The average molecular weight is 238 g/mol. The van der Waals surface area contributed by atoms with E-state index in [2.05, 4.69) is 9.72 Å². The van der Waals surface area contributed by atoms with Crippen LogP contribution in [0, 0.1) is 11.3 Å². The van der Waals surface area contributed by atoms with Crippen molar-refractivity contribution in [3.63, 3.8) is 0 Å². The van der Waals surface area contributed by atoms with Crippen molar-refractivity contribution in [1.82, 2.24) is 4.98 Å². The Hall–Kier alpha value is -1.68. The van der Waals surface area contributed by atoms with Crippen LogP contribution in [0.1, 0.15) is 5.56 Å². The van der Waals surface area contributed by atoms with Crippen molar-refractivity contribution in [3.05, 3.63) is 16.8 Å². The molecule has 1 rings (SSSR count). The lowest BCUT2D eigenvalue weighted by atomic mass is 10.2. The van der Waals surface area contributed by atoms with Gasteiger partial charge in [-0.1, -0.05) is 11.6 Å². The third-order valence-corrected chi connectivity index (χ3v) is 1.73. The summed E-state index contributed by atoms with van der Waals surface area (Å²) in [7, 11) is 0. The summed E-state index contributed by atoms with van der Waals surface area (Å²) in [6, 6.07) is 1.45. The normalized spacial score (nSPS) is 10.9.